The van der Waals surface area contributed by atoms with Gasteiger partial charge in [0.05, 0.1) is 0 Å². The van der Waals surface area contributed by atoms with Gasteiger partial charge in [-0.1, -0.05) is 34.6 Å². The lowest BCUT2D eigenvalue weighted by Gasteiger charge is -2.23. The minimum atomic E-state index is 0.725. The summed E-state index contributed by atoms with van der Waals surface area (Å²) in [6, 6.07) is 0.725. The molecule has 0 aliphatic heterocycles. The molecule has 98 valence electrons. The molecule has 0 amide bonds. The molecule has 0 bridgehead atoms. The lowest BCUT2D eigenvalue weighted by atomic mass is 10.1. The second-order valence-electron chi connectivity index (χ2n) is 5.09. The van der Waals surface area contributed by atoms with Crippen LogP contribution >= 0.6 is 0 Å². The van der Waals surface area contributed by atoms with E-state index in [4.69, 9.17) is 0 Å². The summed E-state index contributed by atoms with van der Waals surface area (Å²) in [5, 5.41) is 3.55. The van der Waals surface area contributed by atoms with Crippen molar-refractivity contribution in [3.63, 3.8) is 0 Å². The van der Waals surface area contributed by atoms with E-state index in [2.05, 4.69) is 44.8 Å². The molecule has 0 rings (SSSR count). The van der Waals surface area contributed by atoms with Crippen LogP contribution < -0.4 is 5.32 Å². The lowest BCUT2D eigenvalue weighted by molar-refractivity contribution is 0.246. The van der Waals surface area contributed by atoms with Crippen LogP contribution in [0.25, 0.3) is 0 Å². The Labute approximate surface area is 103 Å². The molecule has 0 saturated heterocycles. The van der Waals surface area contributed by atoms with E-state index >= 15 is 0 Å². The molecular formula is C14H32N2. The van der Waals surface area contributed by atoms with Crippen LogP contribution in [0.3, 0.4) is 0 Å². The largest absolute Gasteiger partial charge is 0.314 e. The third kappa shape index (κ3) is 8.12. The summed E-state index contributed by atoms with van der Waals surface area (Å²) in [7, 11) is 0. The maximum absolute atomic E-state index is 3.55. The van der Waals surface area contributed by atoms with E-state index in [-0.39, 0.29) is 0 Å². The molecule has 0 saturated carbocycles. The summed E-state index contributed by atoms with van der Waals surface area (Å²) >= 11 is 0. The molecule has 1 atom stereocenters. The van der Waals surface area contributed by atoms with Crippen LogP contribution in [0.5, 0.6) is 0 Å². The van der Waals surface area contributed by atoms with Gasteiger partial charge in [0.25, 0.3) is 0 Å². The van der Waals surface area contributed by atoms with E-state index in [0.29, 0.717) is 0 Å². The fourth-order valence-corrected chi connectivity index (χ4v) is 2.20. The van der Waals surface area contributed by atoms with Crippen molar-refractivity contribution in [3.05, 3.63) is 0 Å². The molecule has 0 radical (unpaired) electrons. The smallest absolute Gasteiger partial charge is 0.00647 e. The Morgan fingerprint density at radius 1 is 1.12 bits per heavy atom. The van der Waals surface area contributed by atoms with Crippen molar-refractivity contribution >= 4 is 0 Å². The van der Waals surface area contributed by atoms with E-state index < -0.39 is 0 Å². The predicted octanol–water partition coefficient (Wildman–Crippen LogP) is 3.13. The molecule has 0 fully saturated rings. The molecule has 0 aromatic carbocycles. The van der Waals surface area contributed by atoms with Crippen molar-refractivity contribution in [2.24, 2.45) is 5.92 Å². The number of rotatable bonds is 10. The van der Waals surface area contributed by atoms with Crippen molar-refractivity contribution in [2.75, 3.05) is 26.2 Å². The summed E-state index contributed by atoms with van der Waals surface area (Å²) in [4.78, 5) is 2.57. The third-order valence-corrected chi connectivity index (χ3v) is 3.08. The number of nitrogens with one attached hydrogen (secondary N) is 1. The molecule has 0 aliphatic carbocycles. The van der Waals surface area contributed by atoms with Crippen LogP contribution in [-0.2, 0) is 0 Å². The Morgan fingerprint density at radius 3 is 2.25 bits per heavy atom. The highest BCUT2D eigenvalue weighted by Crippen LogP contribution is 2.05. The van der Waals surface area contributed by atoms with Crippen molar-refractivity contribution < 1.29 is 0 Å². The molecule has 0 aromatic heterocycles. The van der Waals surface area contributed by atoms with Crippen molar-refractivity contribution in [2.45, 2.75) is 59.9 Å². The van der Waals surface area contributed by atoms with Crippen molar-refractivity contribution in [1.82, 2.24) is 10.2 Å². The second kappa shape index (κ2) is 10.1. The maximum atomic E-state index is 3.55. The third-order valence-electron chi connectivity index (χ3n) is 3.08. The van der Waals surface area contributed by atoms with Gasteiger partial charge in [-0.05, 0) is 44.8 Å². The predicted molar refractivity (Wildman–Crippen MR) is 73.9 cm³/mol. The minimum Gasteiger partial charge on any atom is -0.314 e. The van der Waals surface area contributed by atoms with E-state index in [9.17, 15) is 0 Å². The van der Waals surface area contributed by atoms with Crippen LogP contribution in [-0.4, -0.2) is 37.1 Å². The van der Waals surface area contributed by atoms with Gasteiger partial charge < -0.3 is 10.2 Å². The molecule has 2 nitrogen and oxygen atoms in total. The topological polar surface area (TPSA) is 15.3 Å². The van der Waals surface area contributed by atoms with Gasteiger partial charge in [0.2, 0.25) is 0 Å². The molecule has 1 N–H and O–H groups in total. The molecule has 0 aliphatic rings. The van der Waals surface area contributed by atoms with Gasteiger partial charge in [-0.15, -0.1) is 0 Å². The van der Waals surface area contributed by atoms with Crippen LogP contribution in [0.1, 0.15) is 53.9 Å². The summed E-state index contributed by atoms with van der Waals surface area (Å²) in [6.45, 7) is 16.1. The first-order chi connectivity index (χ1) is 7.63. The summed E-state index contributed by atoms with van der Waals surface area (Å²) < 4.78 is 0. The fourth-order valence-electron chi connectivity index (χ4n) is 2.20. The Bertz CT molecular complexity index is 146. The normalized spacial score (nSPS) is 13.7. The van der Waals surface area contributed by atoms with E-state index in [1.807, 2.05) is 0 Å². The molecule has 0 aromatic rings. The summed E-state index contributed by atoms with van der Waals surface area (Å²) in [5.74, 6) is 0.788. The van der Waals surface area contributed by atoms with Crippen LogP contribution in [0.15, 0.2) is 0 Å². The Kier molecular flexibility index (Phi) is 10.0. The minimum absolute atomic E-state index is 0.725. The molecule has 0 heterocycles. The van der Waals surface area contributed by atoms with Crippen molar-refractivity contribution in [1.29, 1.82) is 0 Å². The highest BCUT2D eigenvalue weighted by atomic mass is 15.1. The van der Waals surface area contributed by atoms with Gasteiger partial charge in [0, 0.05) is 12.6 Å². The summed E-state index contributed by atoms with van der Waals surface area (Å²) in [6.07, 6.45) is 3.90. The monoisotopic (exact) mass is 228 g/mol. The van der Waals surface area contributed by atoms with Gasteiger partial charge in [0.15, 0.2) is 0 Å². The van der Waals surface area contributed by atoms with Gasteiger partial charge in [0.1, 0.15) is 0 Å². The van der Waals surface area contributed by atoms with E-state index in [0.717, 1.165) is 18.5 Å². The molecule has 1 unspecified atom stereocenters. The lowest BCUT2D eigenvalue weighted by Crippen LogP contribution is -2.32. The first-order valence-corrected chi connectivity index (χ1v) is 7.09. The second-order valence-corrected chi connectivity index (χ2v) is 5.09. The highest BCUT2D eigenvalue weighted by molar-refractivity contribution is 4.66. The van der Waals surface area contributed by atoms with Crippen LogP contribution in [0.2, 0.25) is 0 Å². The average Bonchev–Trinajstić information content (AvgIpc) is 2.25. The zero-order chi connectivity index (χ0) is 12.4. The quantitative estimate of drug-likeness (QED) is 0.618. The molecular weight excluding hydrogens is 196 g/mol. The Hall–Kier alpha value is -0.0800. The molecule has 0 spiro atoms. The van der Waals surface area contributed by atoms with Crippen LogP contribution in [0.4, 0.5) is 0 Å². The molecule has 2 heteroatoms. The molecule has 16 heavy (non-hydrogen) atoms. The standard InChI is InChI=1S/C14H32N2/c1-6-14(15-7-2)10-9-11-16(8-3)12-13(4)5/h13-15H,6-12H2,1-5H3. The van der Waals surface area contributed by atoms with Crippen LogP contribution in [0, 0.1) is 5.92 Å². The zero-order valence-electron chi connectivity index (χ0n) is 12.1. The Morgan fingerprint density at radius 2 is 1.81 bits per heavy atom. The fraction of sp³-hybridized carbons (Fsp3) is 1.00. The van der Waals surface area contributed by atoms with Gasteiger partial charge >= 0.3 is 0 Å². The highest BCUT2D eigenvalue weighted by Gasteiger charge is 2.07. The van der Waals surface area contributed by atoms with Gasteiger partial charge in [-0.25, -0.2) is 0 Å². The maximum Gasteiger partial charge on any atom is 0.00647 e. The SMILES string of the molecule is CCNC(CC)CCCN(CC)CC(C)C. The number of nitrogens with zero attached hydrogens (tertiary/aromatic N) is 1. The summed E-state index contributed by atoms with van der Waals surface area (Å²) in [5.41, 5.74) is 0. The zero-order valence-corrected chi connectivity index (χ0v) is 12.1. The average molecular weight is 228 g/mol. The van der Waals surface area contributed by atoms with Gasteiger partial charge in [-0.3, -0.25) is 0 Å². The number of hydrogen-bond acceptors (Lipinski definition) is 2. The number of hydrogen-bond donors (Lipinski definition) is 1. The van der Waals surface area contributed by atoms with E-state index in [1.165, 1.54) is 38.9 Å². The van der Waals surface area contributed by atoms with Gasteiger partial charge in [-0.2, -0.15) is 0 Å². The first-order valence-electron chi connectivity index (χ1n) is 7.09. The van der Waals surface area contributed by atoms with Crippen molar-refractivity contribution in [3.8, 4) is 0 Å². The first kappa shape index (κ1) is 15.9. The van der Waals surface area contributed by atoms with E-state index in [1.54, 1.807) is 0 Å². The Balaban J connectivity index is 3.67.